The zero-order valence-electron chi connectivity index (χ0n) is 75.8. The van der Waals surface area contributed by atoms with Crippen LogP contribution in [0.3, 0.4) is 0 Å². The number of ketones is 5. The van der Waals surface area contributed by atoms with Gasteiger partial charge < -0.3 is 31.5 Å². The highest BCUT2D eigenvalue weighted by molar-refractivity contribution is 6.33. The normalized spacial score (nSPS) is 12.0. The van der Waals surface area contributed by atoms with Gasteiger partial charge in [0, 0.05) is 120 Å². The molecule has 0 amide bonds. The minimum Gasteiger partial charge on any atom is -0.363 e. The Morgan fingerprint density at radius 2 is 0.725 bits per heavy atom. The molecule has 0 radical (unpaired) electrons. The average molecular weight is 1710 g/mol. The van der Waals surface area contributed by atoms with Gasteiger partial charge in [0.1, 0.15) is 5.82 Å². The van der Waals surface area contributed by atoms with E-state index in [1.807, 2.05) is 185 Å². The van der Waals surface area contributed by atoms with Gasteiger partial charge in [0.15, 0.2) is 28.9 Å². The minimum absolute atomic E-state index is 0.0141. The van der Waals surface area contributed by atoms with Crippen LogP contribution in [0.15, 0.2) is 279 Å². The second-order valence-electron chi connectivity index (χ2n) is 35.1. The van der Waals surface area contributed by atoms with Crippen LogP contribution < -0.4 is 31.5 Å². The largest absolute Gasteiger partial charge is 0.363 e. The Morgan fingerprint density at radius 1 is 0.282 bits per heavy atom. The fourth-order valence-electron chi connectivity index (χ4n) is 18.9. The number of benzene rings is 14. The number of hydrogen-bond donors (Lipinski definition) is 5. The molecule has 14 aromatic carbocycles. The third kappa shape index (κ3) is 15.5. The molecule has 22 rings (SSSR count). The van der Waals surface area contributed by atoms with Crippen molar-refractivity contribution in [3.8, 4) is 55.8 Å². The molecular weight excluding hydrogens is 1610 g/mol. The maximum absolute atomic E-state index is 13.9. The first kappa shape index (κ1) is 84.4. The number of carbonyl (C=O) groups is 5. The van der Waals surface area contributed by atoms with Crippen LogP contribution in [0.4, 0.5) is 62.7 Å². The minimum atomic E-state index is -0.0480. The fraction of sp³-hybridized carbons (Fsp3) is 0.129. The van der Waals surface area contributed by atoms with Gasteiger partial charge in [-0.2, -0.15) is 0 Å². The number of fused-ring (bicyclic) bond motifs is 8. The summed E-state index contributed by atoms with van der Waals surface area (Å²) in [7, 11) is 3.97. The van der Waals surface area contributed by atoms with Crippen LogP contribution in [0.25, 0.3) is 99.4 Å². The highest BCUT2D eigenvalue weighted by atomic mass is 16.1. The van der Waals surface area contributed by atoms with E-state index >= 15 is 0 Å². The third-order valence-electron chi connectivity index (χ3n) is 25.3. The van der Waals surface area contributed by atoms with Gasteiger partial charge in [0.25, 0.3) is 0 Å². The predicted octanol–water partition coefficient (Wildman–Crippen LogP) is 28.1. The van der Waals surface area contributed by atoms with Crippen LogP contribution in [0.2, 0.25) is 0 Å². The molecule has 0 spiro atoms. The first-order valence-corrected chi connectivity index (χ1v) is 44.1. The van der Waals surface area contributed by atoms with Crippen molar-refractivity contribution in [2.75, 3.05) is 45.6 Å². The van der Waals surface area contributed by atoms with E-state index in [9.17, 15) is 24.0 Å². The topological polar surface area (TPSA) is 200 Å². The molecule has 0 aliphatic heterocycles. The highest BCUT2D eigenvalue weighted by Gasteiger charge is 2.36. The second kappa shape index (κ2) is 33.9. The Balaban J connectivity index is 0.000000113. The number of carbonyl (C=O) groups excluding carboxylic acids is 5. The molecule has 0 saturated heterocycles. The Kier molecular flexibility index (Phi) is 21.8. The second-order valence-corrected chi connectivity index (χ2v) is 35.1. The molecule has 0 unspecified atom stereocenters. The van der Waals surface area contributed by atoms with Crippen molar-refractivity contribution >= 4 is 135 Å². The van der Waals surface area contributed by atoms with E-state index in [1.165, 1.54) is 33.4 Å². The van der Waals surface area contributed by atoms with Crippen LogP contribution >= 0.6 is 0 Å². The van der Waals surface area contributed by atoms with E-state index in [-0.39, 0.29) is 28.9 Å². The van der Waals surface area contributed by atoms with Gasteiger partial charge in [0.05, 0.1) is 72.9 Å². The number of aromatic nitrogens is 4. The Labute approximate surface area is 761 Å². The van der Waals surface area contributed by atoms with Crippen molar-refractivity contribution in [1.82, 2.24) is 19.9 Å². The maximum atomic E-state index is 13.9. The number of Topliss-reactive ketones (excluding diaryl/α,β-unsaturated/α-hetero) is 1. The van der Waals surface area contributed by atoms with Crippen molar-refractivity contribution in [1.29, 1.82) is 0 Å². The lowest BCUT2D eigenvalue weighted by Crippen LogP contribution is -2.17. The van der Waals surface area contributed by atoms with Crippen molar-refractivity contribution in [2.24, 2.45) is 0 Å². The predicted molar refractivity (Wildman–Crippen MR) is 538 cm³/mol. The molecule has 640 valence electrons. The van der Waals surface area contributed by atoms with Crippen LogP contribution in [-0.4, -0.2) is 62.9 Å². The van der Waals surface area contributed by atoms with E-state index in [4.69, 9.17) is 19.9 Å². The maximum Gasteiger partial charge on any atom is 0.196 e. The molecule has 18 aromatic rings. The zero-order chi connectivity index (χ0) is 91.2. The summed E-state index contributed by atoms with van der Waals surface area (Å²) in [4.78, 5) is 89.0. The van der Waals surface area contributed by atoms with Crippen molar-refractivity contribution in [3.05, 3.63) is 396 Å². The van der Waals surface area contributed by atoms with Gasteiger partial charge >= 0.3 is 0 Å². The lowest BCUT2D eigenvalue weighted by molar-refractivity contribution is 0.101. The molecule has 5 N–H and O–H groups in total. The molecule has 4 aliphatic rings. The molecule has 15 nitrogen and oxygen atoms in total. The van der Waals surface area contributed by atoms with E-state index in [0.717, 1.165) is 207 Å². The Bertz CT molecular complexity index is 7860. The zero-order valence-corrected chi connectivity index (χ0v) is 75.8. The molecule has 4 aliphatic carbocycles. The smallest absolute Gasteiger partial charge is 0.196 e. The lowest BCUT2D eigenvalue weighted by Gasteiger charge is -2.26. The average Bonchev–Trinajstić information content (AvgIpc) is 0.667. The summed E-state index contributed by atoms with van der Waals surface area (Å²) in [6.45, 7) is 26.1. The number of pyridine rings is 4. The van der Waals surface area contributed by atoms with Crippen LogP contribution in [0.5, 0.6) is 0 Å². The molecular formula is C116H96N10O5. The monoisotopic (exact) mass is 1710 g/mol. The van der Waals surface area contributed by atoms with Crippen LogP contribution in [-0.2, 0) is 0 Å². The van der Waals surface area contributed by atoms with Crippen LogP contribution in [0, 0.1) is 83.1 Å². The summed E-state index contributed by atoms with van der Waals surface area (Å²) in [5.74, 6) is 0.884. The summed E-state index contributed by atoms with van der Waals surface area (Å²) >= 11 is 0. The summed E-state index contributed by atoms with van der Waals surface area (Å²) in [6.07, 6.45) is 0. The van der Waals surface area contributed by atoms with Crippen LogP contribution in [0.1, 0.15) is 148 Å². The number of aryl methyl sites for hydroxylation is 12. The van der Waals surface area contributed by atoms with E-state index in [1.54, 1.807) is 6.92 Å². The quantitative estimate of drug-likeness (QED) is 0.0682. The highest BCUT2D eigenvalue weighted by Crippen LogP contribution is 2.51. The standard InChI is InChI=1S/C31H25N3O.C30H22N2O.C29H26N2O2.C26H23N3O/c1-18-8-12-21(13-9-18)33-26-17-27(34-22-14-10-19(2)11-15-22)30-28-25(16-20(3)32-30)23-6-4-5-7-24(23)31(35)29(26)28;1-18-7-11-20(12-8-18)27-17-25-22-5-3-4-6-23(22)30(33)24-15-16-26(29(32-27)28(24)25)31-21-13-9-19(2)10-14-21;1-14-11-15(2)27(16(3)12-14)31-22-13-17(4)28-26-24(23(19(6)32)18(5)30-28)20-9-7-8-10-21(20)29(33)25(22)26;1-15-9-10-20(16(2)13-15)27-22-12-11-21-24-19(14-23(28-21)29(3)4)17-7-5-6-8-18(17)26(30)25(22)24/h4-17,33-34H,1-3H3;3-17,31H,1-2H3;7-13,31H,1-6H3;5-14,27H,1-4H3. The molecule has 4 aromatic heterocycles. The van der Waals surface area contributed by atoms with Gasteiger partial charge in [-0.3, -0.25) is 33.9 Å². The van der Waals surface area contributed by atoms with Gasteiger partial charge in [-0.05, 0) is 248 Å². The number of anilines is 11. The summed E-state index contributed by atoms with van der Waals surface area (Å²) in [5, 5.41) is 21.2. The summed E-state index contributed by atoms with van der Waals surface area (Å²) < 4.78 is 0. The van der Waals surface area contributed by atoms with Gasteiger partial charge in [-0.25, -0.2) is 9.97 Å². The summed E-state index contributed by atoms with van der Waals surface area (Å²) in [5.41, 5.74) is 41.0. The fourth-order valence-corrected chi connectivity index (χ4v) is 18.9. The molecule has 0 atom stereocenters. The first-order valence-electron chi connectivity index (χ1n) is 44.1. The Hall–Kier alpha value is -16.1. The molecule has 131 heavy (non-hydrogen) atoms. The van der Waals surface area contributed by atoms with Gasteiger partial charge in [0.2, 0.25) is 0 Å². The van der Waals surface area contributed by atoms with E-state index < -0.39 is 0 Å². The lowest BCUT2D eigenvalue weighted by atomic mass is 9.79. The first-order chi connectivity index (χ1) is 63.2. The SMILES string of the molecule is CC(=O)c1c(C)nc2c(C)cc(Nc3c(C)cc(C)cc3C)c3c2c1-c1ccccc1C3=O.Cc1ccc(Nc2cc(Nc3ccc(C)cc3)c3nc(C)cc4c3c2C(=O)c2ccccc2-4)cc1.Cc1ccc(Nc2ccc3c4c(cc(-c5ccc(C)cc5)nc24)-c2ccccc2C3=O)cc1.Cc1ccc(Nc2ccc3nc(N(C)C)cc4c3c2C(=O)c2ccccc2-4)c(C)c1. The van der Waals surface area contributed by atoms with Crippen molar-refractivity contribution < 1.29 is 24.0 Å². The van der Waals surface area contributed by atoms with Gasteiger partial charge in [-0.1, -0.05) is 215 Å². The van der Waals surface area contributed by atoms with Crippen molar-refractivity contribution in [2.45, 2.75) is 90.0 Å². The van der Waals surface area contributed by atoms with Gasteiger partial charge in [-0.15, -0.1) is 0 Å². The molecule has 0 fully saturated rings. The summed E-state index contributed by atoms with van der Waals surface area (Å²) in [6, 6.07) is 93.0. The third-order valence-corrected chi connectivity index (χ3v) is 25.3. The van der Waals surface area contributed by atoms with E-state index in [2.05, 4.69) is 222 Å². The molecule has 15 heteroatoms. The van der Waals surface area contributed by atoms with E-state index in [0.29, 0.717) is 39.1 Å². The molecule has 0 saturated carbocycles. The molecule has 0 bridgehead atoms. The number of rotatable bonds is 13. The number of hydrogen-bond acceptors (Lipinski definition) is 15. The van der Waals surface area contributed by atoms with Crippen molar-refractivity contribution in [3.63, 3.8) is 0 Å². The Morgan fingerprint density at radius 3 is 1.27 bits per heavy atom. The number of nitrogens with one attached hydrogen (secondary N) is 5. The number of nitrogens with zero attached hydrogens (tertiary/aromatic N) is 5. The molecule has 4 heterocycles.